The molecular formula is C19H21N3O3S. The number of rotatable bonds is 7. The van der Waals surface area contributed by atoms with Crippen LogP contribution in [0.15, 0.2) is 30.6 Å². The minimum Gasteiger partial charge on any atom is -0.492 e. The highest BCUT2D eigenvalue weighted by atomic mass is 32.1. The molecule has 26 heavy (non-hydrogen) atoms. The molecule has 0 spiro atoms. The van der Waals surface area contributed by atoms with Crippen molar-refractivity contribution in [2.24, 2.45) is 0 Å². The van der Waals surface area contributed by atoms with Crippen LogP contribution in [0.5, 0.6) is 11.6 Å². The third kappa shape index (κ3) is 4.29. The van der Waals surface area contributed by atoms with Crippen molar-refractivity contribution in [1.29, 1.82) is 0 Å². The van der Waals surface area contributed by atoms with Gasteiger partial charge in [-0.3, -0.25) is 4.79 Å². The number of nitrogens with zero attached hydrogens (tertiary/aromatic N) is 2. The van der Waals surface area contributed by atoms with E-state index in [2.05, 4.69) is 15.3 Å². The molecule has 0 aliphatic carbocycles. The molecule has 0 saturated carbocycles. The van der Waals surface area contributed by atoms with E-state index in [0.29, 0.717) is 19.0 Å². The van der Waals surface area contributed by atoms with Crippen LogP contribution >= 0.6 is 11.3 Å². The quantitative estimate of drug-likeness (QED) is 0.646. The lowest BCUT2D eigenvalue weighted by Gasteiger charge is -2.09. The summed E-state index contributed by atoms with van der Waals surface area (Å²) >= 11 is 1.59. The Kier molecular flexibility index (Phi) is 5.68. The first-order valence-corrected chi connectivity index (χ1v) is 9.16. The van der Waals surface area contributed by atoms with E-state index in [0.717, 1.165) is 27.1 Å². The molecule has 3 aromatic rings. The van der Waals surface area contributed by atoms with Gasteiger partial charge in [-0.15, -0.1) is 11.3 Å². The molecule has 6 nitrogen and oxygen atoms in total. The van der Waals surface area contributed by atoms with Crippen LogP contribution < -0.4 is 14.8 Å². The number of hydrogen-bond donors (Lipinski definition) is 1. The van der Waals surface area contributed by atoms with E-state index in [4.69, 9.17) is 9.47 Å². The second kappa shape index (κ2) is 8.14. The zero-order chi connectivity index (χ0) is 18.5. The van der Waals surface area contributed by atoms with E-state index < -0.39 is 0 Å². The zero-order valence-corrected chi connectivity index (χ0v) is 15.9. The predicted octanol–water partition coefficient (Wildman–Crippen LogP) is 3.19. The largest absolute Gasteiger partial charge is 0.492 e. The van der Waals surface area contributed by atoms with Crippen molar-refractivity contribution < 1.29 is 14.3 Å². The van der Waals surface area contributed by atoms with Crippen molar-refractivity contribution in [3.8, 4) is 11.6 Å². The second-order valence-corrected chi connectivity index (χ2v) is 7.15. The van der Waals surface area contributed by atoms with Crippen molar-refractivity contribution in [3.63, 3.8) is 0 Å². The number of fused-ring (bicyclic) bond motifs is 1. The van der Waals surface area contributed by atoms with Crippen LogP contribution in [-0.2, 0) is 4.79 Å². The lowest BCUT2D eigenvalue weighted by molar-refractivity contribution is -0.123. The summed E-state index contributed by atoms with van der Waals surface area (Å²) in [6.07, 6.45) is 1.46. The van der Waals surface area contributed by atoms with Crippen LogP contribution in [0.3, 0.4) is 0 Å². The van der Waals surface area contributed by atoms with E-state index in [1.807, 2.05) is 45.0 Å². The average molecular weight is 371 g/mol. The van der Waals surface area contributed by atoms with Crippen molar-refractivity contribution in [1.82, 2.24) is 15.3 Å². The molecule has 136 valence electrons. The van der Waals surface area contributed by atoms with E-state index >= 15 is 0 Å². The van der Waals surface area contributed by atoms with Gasteiger partial charge in [0.1, 0.15) is 23.5 Å². The zero-order valence-electron chi connectivity index (χ0n) is 15.0. The lowest BCUT2D eigenvalue weighted by Crippen LogP contribution is -2.32. The molecule has 7 heteroatoms. The molecular weight excluding hydrogens is 350 g/mol. The number of carbonyl (C=O) groups is 1. The Morgan fingerprint density at radius 2 is 2.04 bits per heavy atom. The molecule has 0 unspecified atom stereocenters. The monoisotopic (exact) mass is 371 g/mol. The number of aromatic nitrogens is 2. The molecule has 3 rings (SSSR count). The van der Waals surface area contributed by atoms with E-state index in [9.17, 15) is 4.79 Å². The van der Waals surface area contributed by atoms with E-state index in [1.165, 1.54) is 11.2 Å². The number of thiophene rings is 1. The Morgan fingerprint density at radius 3 is 2.85 bits per heavy atom. The molecule has 0 bridgehead atoms. The van der Waals surface area contributed by atoms with Gasteiger partial charge in [0.2, 0.25) is 5.88 Å². The van der Waals surface area contributed by atoms with Crippen LogP contribution in [0.1, 0.15) is 16.0 Å². The number of benzene rings is 1. The van der Waals surface area contributed by atoms with Gasteiger partial charge in [0.05, 0.1) is 11.9 Å². The summed E-state index contributed by atoms with van der Waals surface area (Å²) in [7, 11) is 0. The molecule has 2 heterocycles. The molecule has 2 aromatic heterocycles. The summed E-state index contributed by atoms with van der Waals surface area (Å²) in [5.74, 6) is 1.03. The van der Waals surface area contributed by atoms with Gasteiger partial charge in [-0.1, -0.05) is 12.1 Å². The minimum atomic E-state index is -0.214. The van der Waals surface area contributed by atoms with Gasteiger partial charge >= 0.3 is 0 Å². The molecule has 0 aliphatic rings. The number of hydrogen-bond acceptors (Lipinski definition) is 6. The van der Waals surface area contributed by atoms with E-state index in [-0.39, 0.29) is 12.5 Å². The molecule has 0 atom stereocenters. The topological polar surface area (TPSA) is 73.3 Å². The Labute approximate surface area is 156 Å². The van der Waals surface area contributed by atoms with Crippen LogP contribution in [0.4, 0.5) is 0 Å². The highest BCUT2D eigenvalue weighted by Crippen LogP contribution is 2.33. The number of amides is 1. The van der Waals surface area contributed by atoms with Gasteiger partial charge in [-0.05, 0) is 44.0 Å². The normalized spacial score (nSPS) is 10.7. The minimum absolute atomic E-state index is 0.0924. The number of ether oxygens (including phenoxy) is 2. The summed E-state index contributed by atoms with van der Waals surface area (Å²) in [6, 6.07) is 7.79. The highest BCUT2D eigenvalue weighted by molar-refractivity contribution is 7.18. The number of aryl methyl sites for hydroxylation is 3. The second-order valence-electron chi connectivity index (χ2n) is 5.95. The number of carbonyl (C=O) groups excluding carboxylic acids is 1. The Morgan fingerprint density at radius 1 is 1.19 bits per heavy atom. The van der Waals surface area contributed by atoms with Gasteiger partial charge < -0.3 is 14.8 Å². The summed E-state index contributed by atoms with van der Waals surface area (Å²) in [5.41, 5.74) is 2.22. The standard InChI is InChI=1S/C19H21N3O3S/c1-12-5-4-6-15(9-12)24-8-7-20-16(23)10-25-18-17-13(2)14(3)26-19(17)22-11-21-18/h4-6,9,11H,7-8,10H2,1-3H3,(H,20,23). The predicted molar refractivity (Wildman–Crippen MR) is 102 cm³/mol. The first kappa shape index (κ1) is 18.1. The fraction of sp³-hybridized carbons (Fsp3) is 0.316. The Bertz CT molecular complexity index is 924. The Balaban J connectivity index is 1.47. The van der Waals surface area contributed by atoms with Crippen molar-refractivity contribution in [3.05, 3.63) is 46.6 Å². The highest BCUT2D eigenvalue weighted by Gasteiger charge is 2.14. The van der Waals surface area contributed by atoms with Gasteiger partial charge in [-0.2, -0.15) is 0 Å². The fourth-order valence-electron chi connectivity index (χ4n) is 2.51. The average Bonchev–Trinajstić information content (AvgIpc) is 2.92. The molecule has 1 amide bonds. The van der Waals surface area contributed by atoms with E-state index in [1.54, 1.807) is 11.3 Å². The number of nitrogens with one attached hydrogen (secondary N) is 1. The van der Waals surface area contributed by atoms with Crippen LogP contribution in [0, 0.1) is 20.8 Å². The summed E-state index contributed by atoms with van der Waals surface area (Å²) in [4.78, 5) is 22.4. The molecule has 1 aromatic carbocycles. The first-order valence-electron chi connectivity index (χ1n) is 8.34. The Hall–Kier alpha value is -2.67. The molecule has 0 radical (unpaired) electrons. The SMILES string of the molecule is Cc1cccc(OCCNC(=O)COc2ncnc3sc(C)c(C)c23)c1. The van der Waals surface area contributed by atoms with Crippen molar-refractivity contribution in [2.75, 3.05) is 19.8 Å². The maximum atomic E-state index is 12.0. The summed E-state index contributed by atoms with van der Waals surface area (Å²) < 4.78 is 11.2. The smallest absolute Gasteiger partial charge is 0.258 e. The molecule has 0 aliphatic heterocycles. The van der Waals surface area contributed by atoms with Crippen LogP contribution in [-0.4, -0.2) is 35.6 Å². The molecule has 0 saturated heterocycles. The fourth-order valence-corrected chi connectivity index (χ4v) is 3.50. The van der Waals surface area contributed by atoms with Crippen LogP contribution in [0.2, 0.25) is 0 Å². The molecule has 1 N–H and O–H groups in total. The first-order chi connectivity index (χ1) is 12.5. The van der Waals surface area contributed by atoms with Gasteiger partial charge in [0, 0.05) is 4.88 Å². The van der Waals surface area contributed by atoms with Gasteiger partial charge in [-0.25, -0.2) is 9.97 Å². The van der Waals surface area contributed by atoms with Crippen LogP contribution in [0.25, 0.3) is 10.2 Å². The maximum absolute atomic E-state index is 12.0. The van der Waals surface area contributed by atoms with Crippen molar-refractivity contribution >= 4 is 27.5 Å². The molecule has 0 fully saturated rings. The van der Waals surface area contributed by atoms with Gasteiger partial charge in [0.25, 0.3) is 5.91 Å². The summed E-state index contributed by atoms with van der Waals surface area (Å²) in [5, 5.41) is 3.66. The van der Waals surface area contributed by atoms with Gasteiger partial charge in [0.15, 0.2) is 6.61 Å². The third-order valence-corrected chi connectivity index (χ3v) is 5.07. The van der Waals surface area contributed by atoms with Crippen molar-refractivity contribution in [2.45, 2.75) is 20.8 Å². The maximum Gasteiger partial charge on any atom is 0.258 e. The third-order valence-electron chi connectivity index (χ3n) is 3.95. The lowest BCUT2D eigenvalue weighted by atomic mass is 10.2. The summed E-state index contributed by atoms with van der Waals surface area (Å²) in [6.45, 7) is 6.76.